The number of carbonyl (C=O) groups is 2. The summed E-state index contributed by atoms with van der Waals surface area (Å²) >= 11 is 12.1. The van der Waals surface area contributed by atoms with Gasteiger partial charge in [0.05, 0.1) is 11.1 Å². The lowest BCUT2D eigenvalue weighted by molar-refractivity contribution is 0.0735. The molecule has 0 aliphatic carbocycles. The number of halogens is 2. The standard InChI is InChI=1S/C29H20Cl2N2O4/c1-16-11-24-26(12-17(16)2)36-28(33-24)23-15-22(32-27(34)18-5-3-7-20(30)13-18)9-10-25(23)37-29(35)19-6-4-8-21(31)14-19/h3-15H,1-2H3,(H,32,34). The van der Waals surface area contributed by atoms with Gasteiger partial charge in [-0.3, -0.25) is 4.79 Å². The van der Waals surface area contributed by atoms with Crippen molar-refractivity contribution in [3.05, 3.63) is 111 Å². The number of aromatic nitrogens is 1. The van der Waals surface area contributed by atoms with Crippen LogP contribution in [0.25, 0.3) is 22.6 Å². The highest BCUT2D eigenvalue weighted by Crippen LogP contribution is 2.35. The number of aryl methyl sites for hydroxylation is 2. The van der Waals surface area contributed by atoms with E-state index in [1.807, 2.05) is 26.0 Å². The number of nitrogens with one attached hydrogen (secondary N) is 1. The quantitative estimate of drug-likeness (QED) is 0.184. The zero-order chi connectivity index (χ0) is 26.1. The monoisotopic (exact) mass is 530 g/mol. The summed E-state index contributed by atoms with van der Waals surface area (Å²) in [5.41, 5.74) is 4.94. The second-order valence-corrected chi connectivity index (χ2v) is 9.37. The van der Waals surface area contributed by atoms with Gasteiger partial charge >= 0.3 is 5.97 Å². The van der Waals surface area contributed by atoms with Crippen molar-refractivity contribution in [2.75, 3.05) is 5.32 Å². The topological polar surface area (TPSA) is 81.4 Å². The van der Waals surface area contributed by atoms with E-state index in [-0.39, 0.29) is 17.5 Å². The fourth-order valence-electron chi connectivity index (χ4n) is 3.77. The Morgan fingerprint density at radius 1 is 0.838 bits per heavy atom. The number of hydrogen-bond acceptors (Lipinski definition) is 5. The molecule has 0 bridgehead atoms. The summed E-state index contributed by atoms with van der Waals surface area (Å²) < 4.78 is 11.8. The summed E-state index contributed by atoms with van der Waals surface area (Å²) in [6, 6.07) is 21.8. The maximum absolute atomic E-state index is 12.9. The van der Waals surface area contributed by atoms with Crippen molar-refractivity contribution >= 4 is 51.9 Å². The summed E-state index contributed by atoms with van der Waals surface area (Å²) in [7, 11) is 0. The van der Waals surface area contributed by atoms with Crippen LogP contribution in [0.2, 0.25) is 10.0 Å². The van der Waals surface area contributed by atoms with Crippen LogP contribution in [0.4, 0.5) is 5.69 Å². The van der Waals surface area contributed by atoms with Gasteiger partial charge in [-0.05, 0) is 91.7 Å². The van der Waals surface area contributed by atoms with E-state index in [0.29, 0.717) is 43.5 Å². The summed E-state index contributed by atoms with van der Waals surface area (Å²) in [4.78, 5) is 30.3. The minimum Gasteiger partial charge on any atom is -0.436 e. The largest absolute Gasteiger partial charge is 0.436 e. The number of anilines is 1. The molecule has 1 heterocycles. The first kappa shape index (κ1) is 24.6. The van der Waals surface area contributed by atoms with E-state index >= 15 is 0 Å². The van der Waals surface area contributed by atoms with Gasteiger partial charge in [-0.25, -0.2) is 9.78 Å². The number of benzene rings is 4. The van der Waals surface area contributed by atoms with Crippen molar-refractivity contribution in [2.45, 2.75) is 13.8 Å². The Kier molecular flexibility index (Phi) is 6.70. The molecular formula is C29H20Cl2N2O4. The minimum absolute atomic E-state index is 0.214. The van der Waals surface area contributed by atoms with Gasteiger partial charge in [0, 0.05) is 21.3 Å². The van der Waals surface area contributed by atoms with Gasteiger partial charge in [0.15, 0.2) is 5.58 Å². The zero-order valence-corrected chi connectivity index (χ0v) is 21.4. The fourth-order valence-corrected chi connectivity index (χ4v) is 4.15. The van der Waals surface area contributed by atoms with E-state index < -0.39 is 5.97 Å². The van der Waals surface area contributed by atoms with Crippen molar-refractivity contribution in [2.24, 2.45) is 0 Å². The first-order valence-corrected chi connectivity index (χ1v) is 12.1. The summed E-state index contributed by atoms with van der Waals surface area (Å²) in [6.07, 6.45) is 0. The third-order valence-corrected chi connectivity index (χ3v) is 6.29. The number of hydrogen-bond donors (Lipinski definition) is 1. The number of amides is 1. The Balaban J connectivity index is 1.54. The van der Waals surface area contributed by atoms with E-state index in [4.69, 9.17) is 32.4 Å². The predicted octanol–water partition coefficient (Wildman–Crippen LogP) is 7.89. The van der Waals surface area contributed by atoms with Crippen molar-refractivity contribution in [1.82, 2.24) is 4.98 Å². The van der Waals surface area contributed by atoms with E-state index in [1.54, 1.807) is 60.7 Å². The Labute approximate surface area is 222 Å². The van der Waals surface area contributed by atoms with Crippen molar-refractivity contribution in [3.63, 3.8) is 0 Å². The molecule has 4 aromatic carbocycles. The van der Waals surface area contributed by atoms with Crippen molar-refractivity contribution < 1.29 is 18.7 Å². The molecule has 1 amide bonds. The molecule has 0 saturated carbocycles. The van der Waals surface area contributed by atoms with Crippen LogP contribution in [-0.2, 0) is 0 Å². The molecule has 0 atom stereocenters. The highest BCUT2D eigenvalue weighted by Gasteiger charge is 2.19. The third-order valence-electron chi connectivity index (χ3n) is 5.82. The Bertz CT molecular complexity index is 1640. The fraction of sp³-hybridized carbons (Fsp3) is 0.0690. The smallest absolute Gasteiger partial charge is 0.343 e. The lowest BCUT2D eigenvalue weighted by Crippen LogP contribution is -2.12. The molecule has 1 aromatic heterocycles. The van der Waals surface area contributed by atoms with Gasteiger partial charge in [0.1, 0.15) is 11.3 Å². The predicted molar refractivity (Wildman–Crippen MR) is 145 cm³/mol. The zero-order valence-electron chi connectivity index (χ0n) is 19.8. The highest BCUT2D eigenvalue weighted by atomic mass is 35.5. The van der Waals surface area contributed by atoms with Crippen molar-refractivity contribution in [3.8, 4) is 17.2 Å². The number of carbonyl (C=O) groups excluding carboxylic acids is 2. The van der Waals surface area contributed by atoms with Crippen LogP contribution in [0.1, 0.15) is 31.8 Å². The number of rotatable bonds is 5. The molecular weight excluding hydrogens is 511 g/mol. The van der Waals surface area contributed by atoms with Gasteiger partial charge in [0.2, 0.25) is 5.89 Å². The summed E-state index contributed by atoms with van der Waals surface area (Å²) in [5, 5.41) is 3.71. The van der Waals surface area contributed by atoms with Crippen LogP contribution in [0.15, 0.2) is 83.3 Å². The minimum atomic E-state index is -0.595. The maximum atomic E-state index is 12.9. The molecule has 0 aliphatic rings. The van der Waals surface area contributed by atoms with E-state index in [9.17, 15) is 9.59 Å². The molecule has 37 heavy (non-hydrogen) atoms. The summed E-state index contributed by atoms with van der Waals surface area (Å²) in [6.45, 7) is 3.98. The SMILES string of the molecule is Cc1cc2nc(-c3cc(NC(=O)c4cccc(Cl)c4)ccc3OC(=O)c3cccc(Cl)c3)oc2cc1C. The van der Waals surface area contributed by atoms with Gasteiger partial charge in [-0.1, -0.05) is 35.3 Å². The van der Waals surface area contributed by atoms with Crippen LogP contribution in [0.3, 0.4) is 0 Å². The molecule has 0 unspecified atom stereocenters. The average Bonchev–Trinajstić information content (AvgIpc) is 3.27. The van der Waals surface area contributed by atoms with Crippen LogP contribution in [0, 0.1) is 13.8 Å². The molecule has 1 N–H and O–H groups in total. The number of nitrogens with zero attached hydrogens (tertiary/aromatic N) is 1. The molecule has 5 aromatic rings. The molecule has 6 nitrogen and oxygen atoms in total. The molecule has 0 spiro atoms. The van der Waals surface area contributed by atoms with Crippen molar-refractivity contribution in [1.29, 1.82) is 0 Å². The first-order valence-electron chi connectivity index (χ1n) is 11.3. The van der Waals surface area contributed by atoms with E-state index in [0.717, 1.165) is 11.1 Å². The number of ether oxygens (including phenoxy) is 1. The molecule has 0 fully saturated rings. The lowest BCUT2D eigenvalue weighted by atomic mass is 10.1. The van der Waals surface area contributed by atoms with Gasteiger partial charge in [0.25, 0.3) is 5.91 Å². The second-order valence-electron chi connectivity index (χ2n) is 8.50. The molecule has 0 saturated heterocycles. The lowest BCUT2D eigenvalue weighted by Gasteiger charge is -2.11. The average molecular weight is 531 g/mol. The number of fused-ring (bicyclic) bond motifs is 1. The van der Waals surface area contributed by atoms with Crippen LogP contribution in [-0.4, -0.2) is 16.9 Å². The van der Waals surface area contributed by atoms with Gasteiger partial charge in [-0.2, -0.15) is 0 Å². The first-order chi connectivity index (χ1) is 17.8. The van der Waals surface area contributed by atoms with E-state index in [2.05, 4.69) is 10.3 Å². The molecule has 184 valence electrons. The van der Waals surface area contributed by atoms with Crippen LogP contribution < -0.4 is 10.1 Å². The normalized spacial score (nSPS) is 10.9. The number of esters is 1. The van der Waals surface area contributed by atoms with Crippen LogP contribution >= 0.6 is 23.2 Å². The van der Waals surface area contributed by atoms with Crippen LogP contribution in [0.5, 0.6) is 5.75 Å². The van der Waals surface area contributed by atoms with Gasteiger partial charge < -0.3 is 14.5 Å². The Morgan fingerprint density at radius 2 is 1.51 bits per heavy atom. The highest BCUT2D eigenvalue weighted by molar-refractivity contribution is 6.31. The van der Waals surface area contributed by atoms with E-state index in [1.165, 1.54) is 6.07 Å². The summed E-state index contributed by atoms with van der Waals surface area (Å²) in [5.74, 6) is -0.485. The molecule has 8 heteroatoms. The molecule has 5 rings (SSSR count). The third kappa shape index (κ3) is 5.35. The Morgan fingerprint density at radius 3 is 2.24 bits per heavy atom. The maximum Gasteiger partial charge on any atom is 0.343 e. The Hall–Kier alpha value is -4.13. The molecule has 0 radical (unpaired) electrons. The number of oxazole rings is 1. The van der Waals surface area contributed by atoms with Gasteiger partial charge in [-0.15, -0.1) is 0 Å². The molecule has 0 aliphatic heterocycles. The second kappa shape index (κ2) is 10.1.